The Kier molecular flexibility index (Phi) is 1.67. The number of rotatable bonds is 2. The van der Waals surface area contributed by atoms with Gasteiger partial charge in [-0.25, -0.2) is 0 Å². The van der Waals surface area contributed by atoms with Gasteiger partial charge in [0.05, 0.1) is 12.2 Å². The van der Waals surface area contributed by atoms with Crippen LogP contribution in [0.4, 0.5) is 0 Å². The molecule has 4 heterocycles. The fourth-order valence-electron chi connectivity index (χ4n) is 5.88. The Labute approximate surface area is 120 Å². The highest BCUT2D eigenvalue weighted by Gasteiger charge is 2.94. The predicted octanol–water partition coefficient (Wildman–Crippen LogP) is 0.727. The Morgan fingerprint density at radius 2 is 1.48 bits per heavy atom. The molecule has 6 heteroatoms. The zero-order chi connectivity index (χ0) is 14.7. The number of aliphatic carboxylic acids is 2. The summed E-state index contributed by atoms with van der Waals surface area (Å²) in [5.41, 5.74) is -5.28. The molecule has 1 saturated carbocycles. The predicted molar refractivity (Wildman–Crippen MR) is 67.5 cm³/mol. The van der Waals surface area contributed by atoms with Crippen molar-refractivity contribution >= 4 is 11.9 Å². The number of carbonyl (C=O) groups is 2. The summed E-state index contributed by atoms with van der Waals surface area (Å²) < 4.78 is 12.0. The monoisotopic (exact) mass is 290 g/mol. The number of hydrogen-bond donors (Lipinski definition) is 2. The average Bonchev–Trinajstić information content (AvgIpc) is 3.12. The van der Waals surface area contributed by atoms with Crippen LogP contribution in [0.15, 0.2) is 24.3 Å². The summed E-state index contributed by atoms with van der Waals surface area (Å²) in [6, 6.07) is 0. The van der Waals surface area contributed by atoms with E-state index >= 15 is 0 Å². The molecule has 2 unspecified atom stereocenters. The lowest BCUT2D eigenvalue weighted by Gasteiger charge is -2.54. The van der Waals surface area contributed by atoms with Crippen LogP contribution in [0.3, 0.4) is 0 Å². The average molecular weight is 290 g/mol. The first kappa shape index (κ1) is 11.9. The first-order valence-corrected chi connectivity index (χ1v) is 7.18. The van der Waals surface area contributed by atoms with Crippen LogP contribution in [-0.4, -0.2) is 45.6 Å². The molecule has 5 rings (SSSR count). The zero-order valence-corrected chi connectivity index (χ0v) is 11.1. The van der Waals surface area contributed by atoms with Crippen LogP contribution in [0.1, 0.15) is 19.3 Å². The Morgan fingerprint density at radius 3 is 1.90 bits per heavy atom. The molecule has 2 saturated heterocycles. The number of hydrogen-bond acceptors (Lipinski definition) is 4. The van der Waals surface area contributed by atoms with Gasteiger partial charge in [-0.3, -0.25) is 9.59 Å². The fourth-order valence-corrected chi connectivity index (χ4v) is 5.88. The molecule has 0 aromatic rings. The van der Waals surface area contributed by atoms with Crippen LogP contribution >= 0.6 is 0 Å². The highest BCUT2D eigenvalue weighted by atomic mass is 16.6. The van der Waals surface area contributed by atoms with Crippen LogP contribution in [-0.2, 0) is 19.1 Å². The second-order valence-corrected chi connectivity index (χ2v) is 6.66. The highest BCUT2D eigenvalue weighted by molar-refractivity contribution is 5.95. The van der Waals surface area contributed by atoms with Gasteiger partial charge < -0.3 is 19.7 Å². The third kappa shape index (κ3) is 0.778. The molecule has 1 aliphatic carbocycles. The molecular formula is C15H14O6. The van der Waals surface area contributed by atoms with E-state index in [0.29, 0.717) is 12.8 Å². The second kappa shape index (κ2) is 2.94. The van der Waals surface area contributed by atoms with Crippen molar-refractivity contribution in [3.8, 4) is 0 Å². The summed E-state index contributed by atoms with van der Waals surface area (Å²) in [5.74, 6) is -2.26. The normalized spacial score (nSPS) is 57.7. The molecule has 110 valence electrons. The van der Waals surface area contributed by atoms with E-state index in [1.165, 1.54) is 0 Å². The van der Waals surface area contributed by atoms with Crippen LogP contribution in [0.5, 0.6) is 0 Å². The van der Waals surface area contributed by atoms with E-state index < -0.39 is 46.2 Å². The Balaban J connectivity index is 1.95. The molecular weight excluding hydrogens is 276 g/mol. The minimum atomic E-state index is -1.57. The van der Waals surface area contributed by atoms with E-state index in [1.807, 2.05) is 0 Å². The van der Waals surface area contributed by atoms with Crippen molar-refractivity contribution in [2.45, 2.75) is 42.7 Å². The summed E-state index contributed by atoms with van der Waals surface area (Å²) >= 11 is 0. The van der Waals surface area contributed by atoms with Crippen molar-refractivity contribution in [2.24, 2.45) is 10.8 Å². The van der Waals surface area contributed by atoms with Crippen molar-refractivity contribution in [3.05, 3.63) is 24.3 Å². The summed E-state index contributed by atoms with van der Waals surface area (Å²) in [5, 5.41) is 20.1. The molecule has 4 aliphatic heterocycles. The molecule has 0 aromatic carbocycles. The molecule has 6 nitrogen and oxygen atoms in total. The number of carboxylic acid groups (broad SMARTS) is 2. The molecule has 21 heavy (non-hydrogen) atoms. The van der Waals surface area contributed by atoms with Gasteiger partial charge in [-0.05, 0) is 19.3 Å². The molecule has 0 amide bonds. The first-order chi connectivity index (χ1) is 9.97. The summed E-state index contributed by atoms with van der Waals surface area (Å²) in [7, 11) is 0. The molecule has 0 aromatic heterocycles. The van der Waals surface area contributed by atoms with Crippen LogP contribution < -0.4 is 0 Å². The van der Waals surface area contributed by atoms with Gasteiger partial charge in [-0.1, -0.05) is 24.3 Å². The van der Waals surface area contributed by atoms with Gasteiger partial charge >= 0.3 is 11.9 Å². The Morgan fingerprint density at radius 1 is 0.952 bits per heavy atom. The van der Waals surface area contributed by atoms with Gasteiger partial charge in [-0.2, -0.15) is 0 Å². The van der Waals surface area contributed by atoms with Gasteiger partial charge in [0, 0.05) is 0 Å². The maximum Gasteiger partial charge on any atom is 0.317 e. The highest BCUT2D eigenvalue weighted by Crippen LogP contribution is 2.79. The number of carboxylic acids is 2. The van der Waals surface area contributed by atoms with Crippen molar-refractivity contribution in [1.29, 1.82) is 0 Å². The largest absolute Gasteiger partial charge is 0.481 e. The maximum absolute atomic E-state index is 12.4. The van der Waals surface area contributed by atoms with Crippen molar-refractivity contribution in [2.75, 3.05) is 0 Å². The van der Waals surface area contributed by atoms with Crippen LogP contribution in [0.2, 0.25) is 0 Å². The Hall–Kier alpha value is -1.66. The summed E-state index contributed by atoms with van der Waals surface area (Å²) in [6.45, 7) is 0. The van der Waals surface area contributed by atoms with Crippen LogP contribution in [0, 0.1) is 10.8 Å². The van der Waals surface area contributed by atoms with Gasteiger partial charge in [0.15, 0.2) is 5.41 Å². The molecule has 2 spiro atoms. The van der Waals surface area contributed by atoms with E-state index in [2.05, 4.69) is 0 Å². The molecule has 4 bridgehead atoms. The first-order valence-electron chi connectivity index (χ1n) is 7.18. The van der Waals surface area contributed by atoms with E-state index in [-0.39, 0.29) is 0 Å². The number of ether oxygens (including phenoxy) is 2. The van der Waals surface area contributed by atoms with Gasteiger partial charge in [0.2, 0.25) is 0 Å². The van der Waals surface area contributed by atoms with E-state index in [4.69, 9.17) is 9.47 Å². The molecule has 3 fully saturated rings. The zero-order valence-electron chi connectivity index (χ0n) is 11.1. The Bertz CT molecular complexity index is 627. The quantitative estimate of drug-likeness (QED) is 0.728. The smallest absolute Gasteiger partial charge is 0.317 e. The lowest BCUT2D eigenvalue weighted by Crippen LogP contribution is -2.71. The second-order valence-electron chi connectivity index (χ2n) is 6.66. The molecule has 6 atom stereocenters. The standard InChI is InChI=1S/C15H14O6/c16-10(17)14-8-2-6-12(20-8)4-1-5-13(7-3-9(14)21-13)15(12,14)11(18)19/h2-3,6-9H,1,4-5H2,(H,16,17)(H,18,19)/t8-,9+,12+,13-,14?,15?. The van der Waals surface area contributed by atoms with E-state index in [0.717, 1.165) is 6.42 Å². The SMILES string of the molecule is O=C(O)C12[C@@H]3C=C[C@@]4(CCC[C@]5(C=C[C@H]1O5)C24C(=O)O)O3. The lowest BCUT2D eigenvalue weighted by molar-refractivity contribution is -0.190. The fraction of sp³-hybridized carbons (Fsp3) is 0.600. The van der Waals surface area contributed by atoms with Crippen molar-refractivity contribution in [1.82, 2.24) is 0 Å². The van der Waals surface area contributed by atoms with E-state index in [1.54, 1.807) is 24.3 Å². The molecule has 5 aliphatic rings. The minimum Gasteiger partial charge on any atom is -0.481 e. The summed E-state index contributed by atoms with van der Waals surface area (Å²) in [4.78, 5) is 24.6. The number of fused-ring (bicyclic) bond motifs is 4. The molecule has 2 N–H and O–H groups in total. The van der Waals surface area contributed by atoms with Crippen LogP contribution in [0.25, 0.3) is 0 Å². The van der Waals surface area contributed by atoms with E-state index in [9.17, 15) is 19.8 Å². The topological polar surface area (TPSA) is 93.1 Å². The maximum atomic E-state index is 12.4. The third-order valence-electron chi connectivity index (χ3n) is 6.31. The third-order valence-corrected chi connectivity index (χ3v) is 6.31. The van der Waals surface area contributed by atoms with Gasteiger partial charge in [-0.15, -0.1) is 0 Å². The van der Waals surface area contributed by atoms with Crippen molar-refractivity contribution < 1.29 is 29.3 Å². The van der Waals surface area contributed by atoms with Crippen molar-refractivity contribution in [3.63, 3.8) is 0 Å². The molecule has 0 radical (unpaired) electrons. The lowest BCUT2D eigenvalue weighted by atomic mass is 9.42. The minimum absolute atomic E-state index is 0.521. The van der Waals surface area contributed by atoms with Gasteiger partial charge in [0.25, 0.3) is 0 Å². The van der Waals surface area contributed by atoms with Gasteiger partial charge in [0.1, 0.15) is 16.6 Å². The summed E-state index contributed by atoms with van der Waals surface area (Å²) in [6.07, 6.45) is 7.26.